The number of rotatable bonds is 8. The van der Waals surface area contributed by atoms with Gasteiger partial charge in [0, 0.05) is 22.3 Å². The summed E-state index contributed by atoms with van der Waals surface area (Å²) in [6.45, 7) is 3.14. The summed E-state index contributed by atoms with van der Waals surface area (Å²) < 4.78 is 25.7. The van der Waals surface area contributed by atoms with Crippen molar-refractivity contribution in [2.24, 2.45) is 5.73 Å². The van der Waals surface area contributed by atoms with Crippen LogP contribution < -0.4 is 11.1 Å². The van der Waals surface area contributed by atoms with Gasteiger partial charge in [0.1, 0.15) is 16.6 Å². The number of benzene rings is 1. The highest BCUT2D eigenvalue weighted by Gasteiger charge is 2.21. The molecule has 0 radical (unpaired) electrons. The highest BCUT2D eigenvalue weighted by Crippen LogP contribution is 2.38. The van der Waals surface area contributed by atoms with Crippen LogP contribution >= 0.6 is 19.4 Å². The van der Waals surface area contributed by atoms with Crippen LogP contribution in [0.1, 0.15) is 35.5 Å². The average molecular weight is 463 g/mol. The molecule has 3 aromatic rings. The van der Waals surface area contributed by atoms with E-state index in [4.69, 9.17) is 10.6 Å². The van der Waals surface area contributed by atoms with Crippen molar-refractivity contribution in [3.8, 4) is 10.4 Å². The molecule has 31 heavy (non-hydrogen) atoms. The standard InChI is InChI=1S/C21H23FN3O4PS/c1-21(2,27)12-6-7-14(16(22)10-12)17-11-15(19(23)26)20(31-17)25-18-5-3-4-13(24-18)8-9-30(28)29/h3-7,10-11,27,30H,8-9H2,1-2H3,(H2,23,26)(H,24,25)(H,28,29). The summed E-state index contributed by atoms with van der Waals surface area (Å²) in [7, 11) is -2.58. The first kappa shape index (κ1) is 23.1. The highest BCUT2D eigenvalue weighted by atomic mass is 32.1. The first-order chi connectivity index (χ1) is 14.5. The molecule has 0 aliphatic carbocycles. The average Bonchev–Trinajstić information content (AvgIpc) is 3.09. The normalized spacial score (nSPS) is 12.5. The van der Waals surface area contributed by atoms with Crippen LogP contribution in [0.15, 0.2) is 42.5 Å². The molecule has 5 N–H and O–H groups in total. The minimum Gasteiger partial charge on any atom is -0.386 e. The molecule has 164 valence electrons. The van der Waals surface area contributed by atoms with E-state index in [2.05, 4.69) is 10.3 Å². The Morgan fingerprint density at radius 2 is 2.03 bits per heavy atom. The van der Waals surface area contributed by atoms with E-state index >= 15 is 0 Å². The molecular weight excluding hydrogens is 440 g/mol. The maximum atomic E-state index is 14.7. The molecule has 0 aliphatic heterocycles. The van der Waals surface area contributed by atoms with Gasteiger partial charge in [0.15, 0.2) is 8.03 Å². The molecule has 10 heteroatoms. The number of aromatic nitrogens is 1. The minimum absolute atomic E-state index is 0.136. The van der Waals surface area contributed by atoms with Gasteiger partial charge in [0.2, 0.25) is 0 Å². The third kappa shape index (κ3) is 5.77. The van der Waals surface area contributed by atoms with Crippen molar-refractivity contribution in [2.75, 3.05) is 11.5 Å². The Morgan fingerprint density at radius 1 is 1.29 bits per heavy atom. The number of aryl methyl sites for hydroxylation is 1. The van der Waals surface area contributed by atoms with Gasteiger partial charge in [-0.15, -0.1) is 11.3 Å². The van der Waals surface area contributed by atoms with Crippen LogP contribution in [-0.4, -0.2) is 27.1 Å². The number of amides is 1. The second-order valence-corrected chi connectivity index (χ2v) is 9.84. The van der Waals surface area contributed by atoms with E-state index < -0.39 is 25.4 Å². The summed E-state index contributed by atoms with van der Waals surface area (Å²) in [4.78, 5) is 25.9. The topological polar surface area (TPSA) is 126 Å². The van der Waals surface area contributed by atoms with Gasteiger partial charge in [0.25, 0.3) is 5.91 Å². The van der Waals surface area contributed by atoms with Gasteiger partial charge in [-0.1, -0.05) is 18.2 Å². The number of nitrogens with one attached hydrogen (secondary N) is 1. The maximum Gasteiger partial charge on any atom is 0.251 e. The molecule has 0 saturated heterocycles. The molecule has 0 spiro atoms. The molecule has 2 aromatic heterocycles. The number of anilines is 2. The number of halogens is 1. The number of nitrogens with two attached hydrogens (primary N) is 1. The van der Waals surface area contributed by atoms with Crippen molar-refractivity contribution in [3.63, 3.8) is 0 Å². The SMILES string of the molecule is CC(C)(O)c1ccc(-c2cc(C(N)=O)c(Nc3cccc(CC[PH](=O)O)n3)s2)c(F)c1. The van der Waals surface area contributed by atoms with Crippen LogP contribution in [0.5, 0.6) is 0 Å². The number of nitrogens with zero attached hydrogens (tertiary/aromatic N) is 1. The first-order valence-corrected chi connectivity index (χ1v) is 11.8. The van der Waals surface area contributed by atoms with Crippen LogP contribution in [-0.2, 0) is 16.6 Å². The largest absolute Gasteiger partial charge is 0.386 e. The monoisotopic (exact) mass is 463 g/mol. The number of pyridine rings is 1. The molecule has 1 atom stereocenters. The molecule has 1 amide bonds. The van der Waals surface area contributed by atoms with E-state index in [1.807, 2.05) is 0 Å². The van der Waals surface area contributed by atoms with Gasteiger partial charge in [-0.3, -0.25) is 9.36 Å². The van der Waals surface area contributed by atoms with Gasteiger partial charge >= 0.3 is 0 Å². The quantitative estimate of drug-likeness (QED) is 0.374. The van der Waals surface area contributed by atoms with Crippen LogP contribution in [0.4, 0.5) is 15.2 Å². The molecule has 1 aromatic carbocycles. The fourth-order valence-corrected chi connectivity index (χ4v) is 4.50. The van der Waals surface area contributed by atoms with Crippen LogP contribution in [0.3, 0.4) is 0 Å². The van der Waals surface area contributed by atoms with E-state index in [9.17, 15) is 18.9 Å². The number of thiophene rings is 1. The Labute approximate surface area is 183 Å². The van der Waals surface area contributed by atoms with Gasteiger partial charge in [-0.2, -0.15) is 0 Å². The van der Waals surface area contributed by atoms with E-state index in [1.54, 1.807) is 44.2 Å². The number of hydrogen-bond acceptors (Lipinski definition) is 6. The number of carbonyl (C=O) groups excluding carboxylic acids is 1. The van der Waals surface area contributed by atoms with Crippen molar-refractivity contribution >= 4 is 36.1 Å². The van der Waals surface area contributed by atoms with Crippen LogP contribution in [0, 0.1) is 5.82 Å². The number of hydrogen-bond donors (Lipinski definition) is 4. The predicted molar refractivity (Wildman–Crippen MR) is 121 cm³/mol. The lowest BCUT2D eigenvalue weighted by Crippen LogP contribution is -2.15. The second kappa shape index (κ2) is 9.28. The Bertz CT molecular complexity index is 1140. The first-order valence-electron chi connectivity index (χ1n) is 9.46. The third-order valence-corrected chi connectivity index (χ3v) is 6.34. The zero-order valence-corrected chi connectivity index (χ0v) is 18.8. The minimum atomic E-state index is -2.58. The smallest absolute Gasteiger partial charge is 0.251 e. The van der Waals surface area contributed by atoms with Crippen molar-refractivity contribution in [1.29, 1.82) is 0 Å². The molecule has 7 nitrogen and oxygen atoms in total. The maximum absolute atomic E-state index is 14.7. The summed E-state index contributed by atoms with van der Waals surface area (Å²) in [5, 5.41) is 13.5. The lowest BCUT2D eigenvalue weighted by Gasteiger charge is -2.18. The molecule has 0 bridgehead atoms. The third-order valence-electron chi connectivity index (χ3n) is 4.58. The van der Waals surface area contributed by atoms with E-state index in [-0.39, 0.29) is 17.3 Å². The van der Waals surface area contributed by atoms with Gasteiger partial charge < -0.3 is 21.1 Å². The molecule has 0 fully saturated rings. The summed E-state index contributed by atoms with van der Waals surface area (Å²) in [6, 6.07) is 11.1. The fourth-order valence-electron chi connectivity index (χ4n) is 2.93. The van der Waals surface area contributed by atoms with E-state index in [1.165, 1.54) is 12.1 Å². The Morgan fingerprint density at radius 3 is 2.65 bits per heavy atom. The fraction of sp³-hybridized carbons (Fsp3) is 0.238. The lowest BCUT2D eigenvalue weighted by atomic mass is 9.96. The molecule has 2 heterocycles. The van der Waals surface area contributed by atoms with Crippen molar-refractivity contribution in [2.45, 2.75) is 25.9 Å². The van der Waals surface area contributed by atoms with Crippen LogP contribution in [0.2, 0.25) is 0 Å². The number of primary amides is 1. The van der Waals surface area contributed by atoms with Crippen LogP contribution in [0.25, 0.3) is 10.4 Å². The summed E-state index contributed by atoms with van der Waals surface area (Å²) in [5.74, 6) is -0.764. The Balaban J connectivity index is 1.93. The predicted octanol–water partition coefficient (Wildman–Crippen LogP) is 4.03. The summed E-state index contributed by atoms with van der Waals surface area (Å²) in [6.07, 6.45) is 0.484. The van der Waals surface area contributed by atoms with E-state index in [0.717, 1.165) is 11.3 Å². The van der Waals surface area contributed by atoms with E-state index in [0.29, 0.717) is 33.4 Å². The summed E-state index contributed by atoms with van der Waals surface area (Å²) in [5.41, 5.74) is 5.87. The second-order valence-electron chi connectivity index (χ2n) is 7.50. The zero-order chi connectivity index (χ0) is 22.8. The molecule has 1 unspecified atom stereocenters. The van der Waals surface area contributed by atoms with Gasteiger partial charge in [-0.05, 0) is 50.1 Å². The van der Waals surface area contributed by atoms with Crippen molar-refractivity contribution in [1.82, 2.24) is 4.98 Å². The Kier molecular flexibility index (Phi) is 6.91. The van der Waals surface area contributed by atoms with Crippen molar-refractivity contribution < 1.29 is 23.7 Å². The summed E-state index contributed by atoms with van der Waals surface area (Å²) >= 11 is 1.15. The number of aliphatic hydroxyl groups is 1. The van der Waals surface area contributed by atoms with Crippen molar-refractivity contribution in [3.05, 3.63) is 65.1 Å². The highest BCUT2D eigenvalue weighted by molar-refractivity contribution is 7.37. The molecule has 0 aliphatic rings. The molecule has 3 rings (SSSR count). The lowest BCUT2D eigenvalue weighted by molar-refractivity contribution is 0.0782. The Hall–Kier alpha value is -2.58. The van der Waals surface area contributed by atoms with Gasteiger partial charge in [-0.25, -0.2) is 9.37 Å². The zero-order valence-electron chi connectivity index (χ0n) is 17.0. The molecular formula is C21H23FN3O4PS. The van der Waals surface area contributed by atoms with Gasteiger partial charge in [0.05, 0.1) is 11.2 Å². The number of carbonyl (C=O) groups is 1. The molecule has 0 saturated carbocycles.